The van der Waals surface area contributed by atoms with Crippen LogP contribution in [0.1, 0.15) is 17.4 Å². The van der Waals surface area contributed by atoms with E-state index in [2.05, 4.69) is 5.32 Å². The van der Waals surface area contributed by atoms with Gasteiger partial charge in [0.15, 0.2) is 0 Å². The van der Waals surface area contributed by atoms with Crippen LogP contribution in [-0.4, -0.2) is 19.6 Å². The first kappa shape index (κ1) is 17.5. The van der Waals surface area contributed by atoms with Crippen LogP contribution in [0, 0.1) is 5.82 Å². The van der Waals surface area contributed by atoms with E-state index in [4.69, 9.17) is 20.8 Å². The largest absolute Gasteiger partial charge is 0.458 e. The van der Waals surface area contributed by atoms with Gasteiger partial charge in [0.2, 0.25) is 5.91 Å². The number of carbonyl (C=O) groups excluding carboxylic acids is 1. The van der Waals surface area contributed by atoms with Gasteiger partial charge in [0.1, 0.15) is 23.3 Å². The van der Waals surface area contributed by atoms with Crippen molar-refractivity contribution in [1.82, 2.24) is 5.32 Å². The Kier molecular flexibility index (Phi) is 5.36. The van der Waals surface area contributed by atoms with E-state index in [1.54, 1.807) is 6.07 Å². The predicted molar refractivity (Wildman–Crippen MR) is 94.1 cm³/mol. The quantitative estimate of drug-likeness (QED) is 0.713. The van der Waals surface area contributed by atoms with Crippen LogP contribution < -0.4 is 5.32 Å². The lowest BCUT2D eigenvalue weighted by molar-refractivity contribution is -0.121. The van der Waals surface area contributed by atoms with Crippen LogP contribution in [0.25, 0.3) is 11.0 Å². The molecule has 0 unspecified atom stereocenters. The van der Waals surface area contributed by atoms with E-state index < -0.39 is 11.9 Å². The van der Waals surface area contributed by atoms with E-state index in [-0.39, 0.29) is 29.5 Å². The minimum Gasteiger partial charge on any atom is -0.458 e. The third kappa shape index (κ3) is 4.00. The molecule has 0 saturated carbocycles. The molecule has 1 atom stereocenters. The van der Waals surface area contributed by atoms with Gasteiger partial charge in [0, 0.05) is 23.1 Å². The number of ether oxygens (including phenoxy) is 1. The number of benzene rings is 2. The van der Waals surface area contributed by atoms with Gasteiger partial charge in [0.05, 0.1) is 13.0 Å². The molecule has 1 N–H and O–H groups in total. The minimum absolute atomic E-state index is 0.137. The van der Waals surface area contributed by atoms with E-state index in [9.17, 15) is 9.18 Å². The number of hydrogen-bond donors (Lipinski definition) is 1. The van der Waals surface area contributed by atoms with E-state index in [1.807, 2.05) is 30.3 Å². The fourth-order valence-electron chi connectivity index (χ4n) is 2.59. The number of carbonyl (C=O) groups is 1. The van der Waals surface area contributed by atoms with Crippen LogP contribution in [0.15, 0.2) is 52.9 Å². The molecule has 0 radical (unpaired) electrons. The van der Waals surface area contributed by atoms with Crippen LogP contribution in [0.2, 0.25) is 5.02 Å². The summed E-state index contributed by atoms with van der Waals surface area (Å²) in [4.78, 5) is 12.1. The first-order valence-electron chi connectivity index (χ1n) is 7.79. The number of nitrogens with one attached hydrogen (secondary N) is 1. The van der Waals surface area contributed by atoms with E-state index in [0.717, 1.165) is 11.0 Å². The number of methoxy groups -OCH3 is 1. The van der Waals surface area contributed by atoms with Gasteiger partial charge in [-0.25, -0.2) is 4.39 Å². The summed E-state index contributed by atoms with van der Waals surface area (Å²) >= 11 is 5.94. The number of furan rings is 1. The normalized spacial score (nSPS) is 12.3. The van der Waals surface area contributed by atoms with E-state index >= 15 is 0 Å². The topological polar surface area (TPSA) is 51.5 Å². The predicted octanol–water partition coefficient (Wildman–Crippen LogP) is 4.27. The van der Waals surface area contributed by atoms with Gasteiger partial charge in [-0.3, -0.25) is 4.79 Å². The molecule has 1 amide bonds. The lowest BCUT2D eigenvalue weighted by Crippen LogP contribution is -2.30. The fourth-order valence-corrected chi connectivity index (χ4v) is 2.82. The lowest BCUT2D eigenvalue weighted by atomic mass is 10.1. The zero-order valence-electron chi connectivity index (χ0n) is 13.6. The zero-order valence-corrected chi connectivity index (χ0v) is 14.3. The third-order valence-corrected chi connectivity index (χ3v) is 4.28. The molecule has 0 bridgehead atoms. The Balaban J connectivity index is 1.65. The maximum Gasteiger partial charge on any atom is 0.224 e. The Bertz CT molecular complexity index is 840. The maximum absolute atomic E-state index is 13.8. The minimum atomic E-state index is -0.497. The average molecular weight is 362 g/mol. The van der Waals surface area contributed by atoms with Crippen molar-refractivity contribution < 1.29 is 18.3 Å². The number of halogens is 2. The molecule has 130 valence electrons. The molecule has 0 saturated heterocycles. The number of rotatable bonds is 6. The Labute approximate surface area is 149 Å². The first-order valence-corrected chi connectivity index (χ1v) is 8.17. The highest BCUT2D eigenvalue weighted by atomic mass is 35.5. The van der Waals surface area contributed by atoms with E-state index in [0.29, 0.717) is 5.76 Å². The number of fused-ring (bicyclic) bond motifs is 1. The van der Waals surface area contributed by atoms with Crippen LogP contribution in [0.3, 0.4) is 0 Å². The SMILES string of the molecule is CO[C@H](CNC(=O)Cc1c(F)cccc1Cl)c1cc2ccccc2o1. The van der Waals surface area contributed by atoms with Crippen LogP contribution >= 0.6 is 11.6 Å². The Hall–Kier alpha value is -2.37. The second-order valence-electron chi connectivity index (χ2n) is 5.59. The van der Waals surface area contributed by atoms with Gasteiger partial charge < -0.3 is 14.5 Å². The molecule has 3 rings (SSSR count). The first-order chi connectivity index (χ1) is 12.1. The number of amides is 1. The summed E-state index contributed by atoms with van der Waals surface area (Å²) in [5.41, 5.74) is 0.934. The monoisotopic (exact) mass is 361 g/mol. The smallest absolute Gasteiger partial charge is 0.224 e. The number of hydrogen-bond acceptors (Lipinski definition) is 3. The molecule has 4 nitrogen and oxygen atoms in total. The molecule has 2 aromatic carbocycles. The van der Waals surface area contributed by atoms with Crippen molar-refractivity contribution in [2.75, 3.05) is 13.7 Å². The second kappa shape index (κ2) is 7.68. The van der Waals surface area contributed by atoms with Crippen molar-refractivity contribution in [2.24, 2.45) is 0 Å². The Morgan fingerprint density at radius 1 is 1.28 bits per heavy atom. The van der Waals surface area contributed by atoms with Crippen molar-refractivity contribution >= 4 is 28.5 Å². The summed E-state index contributed by atoms with van der Waals surface area (Å²) in [5, 5.41) is 3.92. The van der Waals surface area contributed by atoms with Gasteiger partial charge in [-0.2, -0.15) is 0 Å². The molecular weight excluding hydrogens is 345 g/mol. The summed E-state index contributed by atoms with van der Waals surface area (Å²) in [5.74, 6) is -0.221. The van der Waals surface area contributed by atoms with Gasteiger partial charge in [-0.1, -0.05) is 35.9 Å². The van der Waals surface area contributed by atoms with Crippen molar-refractivity contribution in [3.63, 3.8) is 0 Å². The molecule has 0 aliphatic rings. The lowest BCUT2D eigenvalue weighted by Gasteiger charge is -2.14. The highest BCUT2D eigenvalue weighted by molar-refractivity contribution is 6.31. The highest BCUT2D eigenvalue weighted by Crippen LogP contribution is 2.25. The Morgan fingerprint density at radius 3 is 2.80 bits per heavy atom. The maximum atomic E-state index is 13.8. The molecule has 0 spiro atoms. The second-order valence-corrected chi connectivity index (χ2v) is 6.00. The third-order valence-electron chi connectivity index (χ3n) is 3.93. The molecule has 25 heavy (non-hydrogen) atoms. The molecule has 1 aromatic heterocycles. The average Bonchev–Trinajstić information content (AvgIpc) is 3.02. The van der Waals surface area contributed by atoms with Crippen molar-refractivity contribution in [1.29, 1.82) is 0 Å². The van der Waals surface area contributed by atoms with Crippen molar-refractivity contribution in [3.05, 3.63) is 70.7 Å². The van der Waals surface area contributed by atoms with Crippen LogP contribution in [-0.2, 0) is 16.0 Å². The standard InChI is InChI=1S/C19H17ClFNO3/c1-24-18(17-9-12-5-2-3-8-16(12)25-17)11-22-19(23)10-13-14(20)6-4-7-15(13)21/h2-9,18H,10-11H2,1H3,(H,22,23)/t18-/m1/s1. The van der Waals surface area contributed by atoms with Gasteiger partial charge in [0.25, 0.3) is 0 Å². The van der Waals surface area contributed by atoms with E-state index in [1.165, 1.54) is 19.2 Å². The van der Waals surface area contributed by atoms with Crippen LogP contribution in [0.5, 0.6) is 0 Å². The summed E-state index contributed by atoms with van der Waals surface area (Å²) < 4.78 is 24.9. The van der Waals surface area contributed by atoms with Crippen molar-refractivity contribution in [2.45, 2.75) is 12.5 Å². The molecule has 0 fully saturated rings. The van der Waals surface area contributed by atoms with Gasteiger partial charge in [-0.05, 0) is 24.3 Å². The van der Waals surface area contributed by atoms with Gasteiger partial charge >= 0.3 is 0 Å². The summed E-state index contributed by atoms with van der Waals surface area (Å²) in [6.07, 6.45) is -0.574. The molecule has 3 aromatic rings. The summed E-state index contributed by atoms with van der Waals surface area (Å²) in [6, 6.07) is 13.8. The molecule has 0 aliphatic heterocycles. The summed E-state index contributed by atoms with van der Waals surface area (Å²) in [6.45, 7) is 0.210. The summed E-state index contributed by atoms with van der Waals surface area (Å²) in [7, 11) is 1.54. The highest BCUT2D eigenvalue weighted by Gasteiger charge is 2.18. The molecule has 6 heteroatoms. The molecular formula is C19H17ClFNO3. The number of para-hydroxylation sites is 1. The van der Waals surface area contributed by atoms with Crippen LogP contribution in [0.4, 0.5) is 4.39 Å². The van der Waals surface area contributed by atoms with Gasteiger partial charge in [-0.15, -0.1) is 0 Å². The zero-order chi connectivity index (χ0) is 17.8. The fraction of sp³-hybridized carbons (Fsp3) is 0.211. The Morgan fingerprint density at radius 2 is 2.08 bits per heavy atom. The molecule has 1 heterocycles. The van der Waals surface area contributed by atoms with Crippen molar-refractivity contribution in [3.8, 4) is 0 Å². The molecule has 0 aliphatic carbocycles.